The SMILES string of the molecule is CNC(CCCC1CCCO1)c1ccccc1SC. The van der Waals surface area contributed by atoms with Crippen molar-refractivity contribution in [3.05, 3.63) is 29.8 Å². The van der Waals surface area contributed by atoms with Gasteiger partial charge in [0.05, 0.1) is 6.10 Å². The fourth-order valence-corrected chi connectivity index (χ4v) is 3.49. The fraction of sp³-hybridized carbons (Fsp3) is 0.625. The molecule has 0 aliphatic carbocycles. The number of nitrogens with one attached hydrogen (secondary N) is 1. The summed E-state index contributed by atoms with van der Waals surface area (Å²) in [6.45, 7) is 0.968. The Morgan fingerprint density at radius 1 is 1.42 bits per heavy atom. The van der Waals surface area contributed by atoms with Gasteiger partial charge in [-0.05, 0) is 57.0 Å². The van der Waals surface area contributed by atoms with Crippen LogP contribution in [0.3, 0.4) is 0 Å². The monoisotopic (exact) mass is 279 g/mol. The average Bonchev–Trinajstić information content (AvgIpc) is 2.97. The first-order chi connectivity index (χ1) is 9.35. The van der Waals surface area contributed by atoms with Crippen LogP contribution >= 0.6 is 11.8 Å². The smallest absolute Gasteiger partial charge is 0.0576 e. The third kappa shape index (κ3) is 4.23. The Morgan fingerprint density at radius 2 is 2.26 bits per heavy atom. The van der Waals surface area contributed by atoms with Crippen molar-refractivity contribution in [1.29, 1.82) is 0 Å². The van der Waals surface area contributed by atoms with Crippen molar-refractivity contribution in [1.82, 2.24) is 5.32 Å². The van der Waals surface area contributed by atoms with E-state index in [-0.39, 0.29) is 0 Å². The van der Waals surface area contributed by atoms with Gasteiger partial charge in [0.15, 0.2) is 0 Å². The van der Waals surface area contributed by atoms with Crippen LogP contribution in [0.1, 0.15) is 43.7 Å². The molecule has 1 N–H and O–H groups in total. The molecule has 1 fully saturated rings. The molecule has 2 nitrogen and oxygen atoms in total. The van der Waals surface area contributed by atoms with Crippen LogP contribution in [-0.2, 0) is 4.74 Å². The molecule has 0 amide bonds. The van der Waals surface area contributed by atoms with Crippen LogP contribution in [0.25, 0.3) is 0 Å². The summed E-state index contributed by atoms with van der Waals surface area (Å²) in [6.07, 6.45) is 8.80. The maximum Gasteiger partial charge on any atom is 0.0576 e. The highest BCUT2D eigenvalue weighted by atomic mass is 32.2. The number of hydrogen-bond acceptors (Lipinski definition) is 3. The van der Waals surface area contributed by atoms with Crippen molar-refractivity contribution >= 4 is 11.8 Å². The van der Waals surface area contributed by atoms with E-state index < -0.39 is 0 Å². The zero-order valence-corrected chi connectivity index (χ0v) is 12.8. The van der Waals surface area contributed by atoms with Gasteiger partial charge in [-0.3, -0.25) is 0 Å². The quantitative estimate of drug-likeness (QED) is 0.762. The highest BCUT2D eigenvalue weighted by molar-refractivity contribution is 7.98. The summed E-state index contributed by atoms with van der Waals surface area (Å²) < 4.78 is 5.69. The third-order valence-electron chi connectivity index (χ3n) is 3.91. The molecule has 2 atom stereocenters. The normalized spacial score (nSPS) is 20.6. The van der Waals surface area contributed by atoms with Crippen LogP contribution in [0.4, 0.5) is 0 Å². The molecular weight excluding hydrogens is 254 g/mol. The molecule has 2 rings (SSSR count). The molecule has 1 aliphatic heterocycles. The second kappa shape index (κ2) is 7.93. The zero-order valence-electron chi connectivity index (χ0n) is 12.0. The minimum absolute atomic E-state index is 0.463. The van der Waals surface area contributed by atoms with Gasteiger partial charge in [0.1, 0.15) is 0 Å². The summed E-state index contributed by atoms with van der Waals surface area (Å²) in [6, 6.07) is 9.18. The summed E-state index contributed by atoms with van der Waals surface area (Å²) in [5.74, 6) is 0. The summed E-state index contributed by atoms with van der Waals surface area (Å²) in [4.78, 5) is 1.39. The summed E-state index contributed by atoms with van der Waals surface area (Å²) in [7, 11) is 2.06. The molecule has 0 radical (unpaired) electrons. The Balaban J connectivity index is 1.88. The Kier molecular flexibility index (Phi) is 6.21. The van der Waals surface area contributed by atoms with E-state index in [1.807, 2.05) is 11.8 Å². The van der Waals surface area contributed by atoms with E-state index in [0.717, 1.165) is 6.61 Å². The van der Waals surface area contributed by atoms with Gasteiger partial charge in [-0.1, -0.05) is 18.2 Å². The lowest BCUT2D eigenvalue weighted by Gasteiger charge is -2.20. The van der Waals surface area contributed by atoms with Crippen LogP contribution in [0.15, 0.2) is 29.2 Å². The third-order valence-corrected chi connectivity index (χ3v) is 4.72. The molecule has 1 heterocycles. The molecule has 1 aromatic rings. The van der Waals surface area contributed by atoms with Crippen molar-refractivity contribution in [2.24, 2.45) is 0 Å². The molecule has 0 bridgehead atoms. The summed E-state index contributed by atoms with van der Waals surface area (Å²) in [5, 5.41) is 3.46. The average molecular weight is 279 g/mol. The Hall–Kier alpha value is -0.510. The van der Waals surface area contributed by atoms with Crippen LogP contribution in [0.2, 0.25) is 0 Å². The molecule has 1 saturated heterocycles. The van der Waals surface area contributed by atoms with Crippen LogP contribution in [-0.4, -0.2) is 26.0 Å². The predicted octanol–water partition coefficient (Wildman–Crippen LogP) is 4.02. The highest BCUT2D eigenvalue weighted by Gasteiger charge is 2.17. The number of thioether (sulfide) groups is 1. The van der Waals surface area contributed by atoms with Crippen LogP contribution in [0.5, 0.6) is 0 Å². The van der Waals surface area contributed by atoms with Crippen molar-refractivity contribution in [3.63, 3.8) is 0 Å². The number of ether oxygens (including phenoxy) is 1. The molecule has 106 valence electrons. The van der Waals surface area contributed by atoms with Gasteiger partial charge in [-0.15, -0.1) is 11.8 Å². The maximum atomic E-state index is 5.69. The van der Waals surface area contributed by atoms with E-state index in [0.29, 0.717) is 12.1 Å². The highest BCUT2D eigenvalue weighted by Crippen LogP contribution is 2.29. The maximum absolute atomic E-state index is 5.69. The van der Waals surface area contributed by atoms with Gasteiger partial charge in [0.25, 0.3) is 0 Å². The molecule has 0 saturated carbocycles. The molecule has 1 aliphatic rings. The van der Waals surface area contributed by atoms with Gasteiger partial charge < -0.3 is 10.1 Å². The van der Waals surface area contributed by atoms with Crippen LogP contribution in [0, 0.1) is 0 Å². The van der Waals surface area contributed by atoms with Crippen molar-refractivity contribution in [3.8, 4) is 0 Å². The molecule has 2 unspecified atom stereocenters. The lowest BCUT2D eigenvalue weighted by atomic mass is 9.99. The molecular formula is C16H25NOS. The molecule has 0 spiro atoms. The van der Waals surface area contributed by atoms with E-state index in [4.69, 9.17) is 4.74 Å². The Morgan fingerprint density at radius 3 is 2.95 bits per heavy atom. The molecule has 19 heavy (non-hydrogen) atoms. The predicted molar refractivity (Wildman–Crippen MR) is 82.8 cm³/mol. The first-order valence-electron chi connectivity index (χ1n) is 7.27. The van der Waals surface area contributed by atoms with E-state index in [1.54, 1.807) is 0 Å². The van der Waals surface area contributed by atoms with Gasteiger partial charge in [-0.2, -0.15) is 0 Å². The summed E-state index contributed by atoms with van der Waals surface area (Å²) >= 11 is 1.83. The Bertz CT molecular complexity index is 377. The number of hydrogen-bond donors (Lipinski definition) is 1. The van der Waals surface area contributed by atoms with E-state index in [9.17, 15) is 0 Å². The van der Waals surface area contributed by atoms with Gasteiger partial charge >= 0.3 is 0 Å². The summed E-state index contributed by atoms with van der Waals surface area (Å²) in [5.41, 5.74) is 1.44. The molecule has 1 aromatic carbocycles. The first kappa shape index (κ1) is 14.9. The largest absolute Gasteiger partial charge is 0.378 e. The van der Waals surface area contributed by atoms with E-state index >= 15 is 0 Å². The lowest BCUT2D eigenvalue weighted by Crippen LogP contribution is -2.17. The van der Waals surface area contributed by atoms with Crippen LogP contribution < -0.4 is 5.32 Å². The standard InChI is InChI=1S/C16H25NOS/c1-17-15(10-5-7-13-8-6-12-18-13)14-9-3-4-11-16(14)19-2/h3-4,9,11,13,15,17H,5-8,10,12H2,1-2H3. The minimum Gasteiger partial charge on any atom is -0.378 e. The van der Waals surface area contributed by atoms with Gasteiger partial charge in [0.2, 0.25) is 0 Å². The lowest BCUT2D eigenvalue weighted by molar-refractivity contribution is 0.101. The van der Waals surface area contributed by atoms with E-state index in [1.165, 1.54) is 42.6 Å². The number of benzene rings is 1. The van der Waals surface area contributed by atoms with E-state index in [2.05, 4.69) is 42.9 Å². The topological polar surface area (TPSA) is 21.3 Å². The first-order valence-corrected chi connectivity index (χ1v) is 8.49. The second-order valence-corrected chi connectivity index (χ2v) is 6.00. The van der Waals surface area contributed by atoms with Crippen molar-refractivity contribution in [2.45, 2.75) is 49.1 Å². The fourth-order valence-electron chi connectivity index (χ4n) is 2.83. The van der Waals surface area contributed by atoms with Crippen molar-refractivity contribution in [2.75, 3.05) is 19.9 Å². The Labute approximate surface area is 121 Å². The zero-order chi connectivity index (χ0) is 13.5. The van der Waals surface area contributed by atoms with Crippen molar-refractivity contribution < 1.29 is 4.74 Å². The molecule has 3 heteroatoms. The van der Waals surface area contributed by atoms with Gasteiger partial charge in [0, 0.05) is 17.5 Å². The molecule has 0 aromatic heterocycles. The minimum atomic E-state index is 0.463. The van der Waals surface area contributed by atoms with Gasteiger partial charge in [-0.25, -0.2) is 0 Å². The number of rotatable bonds is 7. The second-order valence-electron chi connectivity index (χ2n) is 5.15.